The third-order valence-electron chi connectivity index (χ3n) is 1.97. The first-order chi connectivity index (χ1) is 8.00. The molecule has 0 aromatic carbocycles. The van der Waals surface area contributed by atoms with Crippen LogP contribution in [0.2, 0.25) is 0 Å². The zero-order valence-corrected chi connectivity index (χ0v) is 10.4. The van der Waals surface area contributed by atoms with Crippen LogP contribution in [0.1, 0.15) is 10.1 Å². The predicted octanol–water partition coefficient (Wildman–Crippen LogP) is 1.21. The summed E-state index contributed by atoms with van der Waals surface area (Å²) in [5.41, 5.74) is 5.36. The van der Waals surface area contributed by atoms with Crippen LogP contribution in [-0.4, -0.2) is 34.3 Å². The molecule has 1 aromatic heterocycles. The molecule has 0 saturated carbocycles. The largest absolute Gasteiger partial charge is 0.480 e. The van der Waals surface area contributed by atoms with Crippen molar-refractivity contribution in [2.75, 3.05) is 12.3 Å². The number of carboxylic acid groups (broad SMARTS) is 1. The fourth-order valence-corrected chi connectivity index (χ4v) is 3.25. The summed E-state index contributed by atoms with van der Waals surface area (Å²) in [7, 11) is 0. The second-order valence-electron chi connectivity index (χ2n) is 3.30. The van der Waals surface area contributed by atoms with E-state index in [2.05, 4.69) is 0 Å². The molecule has 1 unspecified atom stereocenters. The van der Waals surface area contributed by atoms with Gasteiger partial charge in [-0.25, -0.2) is 0 Å². The van der Waals surface area contributed by atoms with Gasteiger partial charge >= 0.3 is 5.97 Å². The van der Waals surface area contributed by atoms with Crippen LogP contribution in [0.15, 0.2) is 17.5 Å². The van der Waals surface area contributed by atoms with Gasteiger partial charge in [0.15, 0.2) is 0 Å². The number of hydrogen-bond donors (Lipinski definition) is 2. The summed E-state index contributed by atoms with van der Waals surface area (Å²) in [6, 6.07) is 2.62. The van der Waals surface area contributed by atoms with Gasteiger partial charge in [0.05, 0.1) is 0 Å². The highest BCUT2D eigenvalue weighted by Crippen LogP contribution is 2.32. The molecule has 2 atom stereocenters. The van der Waals surface area contributed by atoms with E-state index in [0.29, 0.717) is 0 Å². The smallest absolute Gasteiger partial charge is 0.321 e. The lowest BCUT2D eigenvalue weighted by atomic mass is 10.3. The van der Waals surface area contributed by atoms with Crippen molar-refractivity contribution in [1.82, 2.24) is 0 Å². The van der Waals surface area contributed by atoms with Crippen molar-refractivity contribution >= 4 is 29.1 Å². The molecule has 0 bridgehead atoms. The number of nitrogens with two attached hydrogens (primary N) is 1. The van der Waals surface area contributed by atoms with Crippen LogP contribution in [0.5, 0.6) is 0 Å². The number of thioether (sulfide) groups is 1. The predicted molar refractivity (Wildman–Crippen MR) is 67.0 cm³/mol. The van der Waals surface area contributed by atoms with Gasteiger partial charge < -0.3 is 10.8 Å². The van der Waals surface area contributed by atoms with Crippen LogP contribution < -0.4 is 5.73 Å². The summed E-state index contributed by atoms with van der Waals surface area (Å²) in [6.45, 7) is -0.225. The quantitative estimate of drug-likeness (QED) is 0.572. The summed E-state index contributed by atoms with van der Waals surface area (Å²) in [4.78, 5) is 21.5. The average Bonchev–Trinajstić information content (AvgIpc) is 2.76. The van der Waals surface area contributed by atoms with Gasteiger partial charge in [-0.15, -0.1) is 23.1 Å². The minimum absolute atomic E-state index is 0.158. The highest BCUT2D eigenvalue weighted by molar-refractivity contribution is 7.99. The van der Waals surface area contributed by atoms with Crippen molar-refractivity contribution in [3.63, 3.8) is 0 Å². The summed E-state index contributed by atoms with van der Waals surface area (Å²) in [5.74, 6) is -0.935. The molecular weight excluding hydrogens is 264 g/mol. The summed E-state index contributed by atoms with van der Waals surface area (Å²) < 4.78 is 0. The maximum atomic E-state index is 10.6. The van der Waals surface area contributed by atoms with Crippen LogP contribution in [0.25, 0.3) is 0 Å². The second-order valence-corrected chi connectivity index (χ2v) is 5.51. The third-order valence-corrected chi connectivity index (χ3v) is 4.46. The molecular formula is C9H12N2O4S2. The summed E-state index contributed by atoms with van der Waals surface area (Å²) in [5, 5.41) is 20.7. The van der Waals surface area contributed by atoms with Crippen molar-refractivity contribution in [3.8, 4) is 0 Å². The van der Waals surface area contributed by atoms with Crippen molar-refractivity contribution < 1.29 is 14.8 Å². The van der Waals surface area contributed by atoms with Gasteiger partial charge in [-0.05, 0) is 11.4 Å². The lowest BCUT2D eigenvalue weighted by Crippen LogP contribution is -2.33. The number of carbonyl (C=O) groups is 1. The van der Waals surface area contributed by atoms with Gasteiger partial charge in [0.25, 0.3) is 0 Å². The van der Waals surface area contributed by atoms with Gasteiger partial charge in [-0.2, -0.15) is 0 Å². The topological polar surface area (TPSA) is 106 Å². The first-order valence-electron chi connectivity index (χ1n) is 4.76. The Bertz CT molecular complexity index is 382. The molecule has 1 heterocycles. The van der Waals surface area contributed by atoms with Gasteiger partial charge in [0.1, 0.15) is 11.3 Å². The Balaban J connectivity index is 2.59. The van der Waals surface area contributed by atoms with Gasteiger partial charge in [-0.1, -0.05) is 6.07 Å². The van der Waals surface area contributed by atoms with E-state index in [0.717, 1.165) is 4.88 Å². The molecule has 0 radical (unpaired) electrons. The zero-order chi connectivity index (χ0) is 12.8. The van der Waals surface area contributed by atoms with E-state index in [9.17, 15) is 14.9 Å². The number of rotatable bonds is 7. The maximum absolute atomic E-state index is 10.6. The number of nitro groups is 1. The van der Waals surface area contributed by atoms with Crippen LogP contribution in [-0.2, 0) is 4.79 Å². The number of nitrogens with zero attached hydrogens (tertiary/aromatic N) is 1. The molecule has 1 rings (SSSR count). The van der Waals surface area contributed by atoms with Gasteiger partial charge in [0.2, 0.25) is 6.54 Å². The Morgan fingerprint density at radius 1 is 1.71 bits per heavy atom. The fourth-order valence-electron chi connectivity index (χ4n) is 1.13. The first kappa shape index (κ1) is 13.9. The monoisotopic (exact) mass is 276 g/mol. The Labute approximate surface area is 106 Å². The van der Waals surface area contributed by atoms with E-state index in [4.69, 9.17) is 10.8 Å². The van der Waals surface area contributed by atoms with Crippen LogP contribution in [0.4, 0.5) is 0 Å². The van der Waals surface area contributed by atoms with Crippen molar-refractivity contribution in [3.05, 3.63) is 32.5 Å². The third kappa shape index (κ3) is 4.72. The fraction of sp³-hybridized carbons (Fsp3) is 0.444. The standard InChI is InChI=1S/C9H12N2O4S2/c10-6(9(12)13)5-17-8(4-11(14)15)7-2-1-3-16-7/h1-3,6,8H,4-5,10H2,(H,12,13)/t6-,8?/m0/s1. The Hall–Kier alpha value is -1.12. The van der Waals surface area contributed by atoms with Crippen LogP contribution in [0, 0.1) is 10.1 Å². The second kappa shape index (κ2) is 6.58. The Morgan fingerprint density at radius 3 is 2.88 bits per heavy atom. The molecule has 0 spiro atoms. The summed E-state index contributed by atoms with van der Waals surface area (Å²) in [6.07, 6.45) is 0. The Morgan fingerprint density at radius 2 is 2.41 bits per heavy atom. The molecule has 3 N–H and O–H groups in total. The highest BCUT2D eigenvalue weighted by Gasteiger charge is 2.22. The first-order valence-corrected chi connectivity index (χ1v) is 6.68. The van der Waals surface area contributed by atoms with Gasteiger partial charge in [-0.3, -0.25) is 14.9 Å². The van der Waals surface area contributed by atoms with E-state index in [1.165, 1.54) is 23.1 Å². The van der Waals surface area contributed by atoms with E-state index in [1.54, 1.807) is 6.07 Å². The lowest BCUT2D eigenvalue weighted by Gasteiger charge is -2.12. The van der Waals surface area contributed by atoms with Crippen LogP contribution in [0.3, 0.4) is 0 Å². The van der Waals surface area contributed by atoms with E-state index in [1.807, 2.05) is 11.4 Å². The van der Waals surface area contributed by atoms with Gasteiger partial charge in [0, 0.05) is 15.6 Å². The zero-order valence-electron chi connectivity index (χ0n) is 8.81. The molecule has 0 aliphatic carbocycles. The molecule has 8 heteroatoms. The lowest BCUT2D eigenvalue weighted by molar-refractivity contribution is -0.479. The molecule has 0 saturated heterocycles. The molecule has 0 aliphatic heterocycles. The summed E-state index contributed by atoms with van der Waals surface area (Å²) >= 11 is 2.63. The normalized spacial score (nSPS) is 14.2. The minimum atomic E-state index is -1.09. The van der Waals surface area contributed by atoms with Crippen LogP contribution >= 0.6 is 23.1 Å². The molecule has 17 heavy (non-hydrogen) atoms. The number of aliphatic carboxylic acids is 1. The van der Waals surface area contributed by atoms with Crippen molar-refractivity contribution in [2.24, 2.45) is 5.73 Å². The highest BCUT2D eigenvalue weighted by atomic mass is 32.2. The number of hydrogen-bond acceptors (Lipinski definition) is 6. The number of carboxylic acids is 1. The molecule has 94 valence electrons. The van der Waals surface area contributed by atoms with Crippen molar-refractivity contribution in [2.45, 2.75) is 11.3 Å². The SMILES string of the molecule is N[C@@H](CSC(C[N+](=O)[O-])c1cccs1)C(=O)O. The molecule has 6 nitrogen and oxygen atoms in total. The molecule has 0 amide bonds. The maximum Gasteiger partial charge on any atom is 0.321 e. The van der Waals surface area contributed by atoms with E-state index in [-0.39, 0.29) is 17.5 Å². The van der Waals surface area contributed by atoms with Crippen molar-refractivity contribution in [1.29, 1.82) is 0 Å². The average molecular weight is 276 g/mol. The molecule has 0 fully saturated rings. The number of thiophene rings is 1. The van der Waals surface area contributed by atoms with E-state index >= 15 is 0 Å². The Kier molecular flexibility index (Phi) is 5.39. The molecule has 1 aromatic rings. The van der Waals surface area contributed by atoms with E-state index < -0.39 is 16.9 Å². The minimum Gasteiger partial charge on any atom is -0.480 e. The molecule has 0 aliphatic rings.